The van der Waals surface area contributed by atoms with Crippen LogP contribution in [0.4, 0.5) is 5.82 Å². The molecule has 2 aromatic rings. The average molecular weight is 330 g/mol. The molecule has 24 heavy (non-hydrogen) atoms. The second kappa shape index (κ2) is 6.84. The van der Waals surface area contributed by atoms with Gasteiger partial charge in [0.2, 0.25) is 0 Å². The summed E-state index contributed by atoms with van der Waals surface area (Å²) >= 11 is 0. The van der Waals surface area contributed by atoms with Crippen LogP contribution in [0.5, 0.6) is 0 Å². The zero-order chi connectivity index (χ0) is 18.0. The minimum Gasteiger partial charge on any atom is -0.384 e. The average Bonchev–Trinajstić information content (AvgIpc) is 2.59. The standard InChI is InChI=1S/C17H22N4O3/c1-10(12-8-6-5-7-9-12)19-11(2)14(22)13-15(18)20(3)17(24)21(4)16(13)23/h5-11,19H,18H2,1-4H3/t10-,11-/m0/s1. The van der Waals surface area contributed by atoms with Gasteiger partial charge in [-0.2, -0.15) is 0 Å². The number of nitrogen functional groups attached to an aromatic ring is 1. The summed E-state index contributed by atoms with van der Waals surface area (Å²) in [7, 11) is 2.75. The SMILES string of the molecule is C[C@H](N[C@@H](C)c1ccccc1)C(=O)c1c(N)n(C)c(=O)n(C)c1=O. The van der Waals surface area contributed by atoms with Crippen LogP contribution in [0.2, 0.25) is 0 Å². The first-order valence-corrected chi connectivity index (χ1v) is 7.66. The van der Waals surface area contributed by atoms with Gasteiger partial charge in [0, 0.05) is 20.1 Å². The molecule has 7 heteroatoms. The van der Waals surface area contributed by atoms with Gasteiger partial charge in [-0.15, -0.1) is 0 Å². The van der Waals surface area contributed by atoms with E-state index in [1.54, 1.807) is 6.92 Å². The van der Waals surface area contributed by atoms with E-state index in [2.05, 4.69) is 5.32 Å². The summed E-state index contributed by atoms with van der Waals surface area (Å²) in [6, 6.07) is 8.94. The lowest BCUT2D eigenvalue weighted by atomic mass is 10.0. The molecule has 0 saturated carbocycles. The van der Waals surface area contributed by atoms with Gasteiger partial charge < -0.3 is 11.1 Å². The Labute approximate surface area is 139 Å². The number of nitrogens with zero attached hydrogens (tertiary/aromatic N) is 2. The summed E-state index contributed by atoms with van der Waals surface area (Å²) < 4.78 is 1.99. The van der Waals surface area contributed by atoms with Crippen LogP contribution in [0.25, 0.3) is 0 Å². The van der Waals surface area contributed by atoms with E-state index in [0.717, 1.165) is 14.7 Å². The molecule has 2 atom stereocenters. The first kappa shape index (κ1) is 17.7. The van der Waals surface area contributed by atoms with Gasteiger partial charge in [0.15, 0.2) is 5.78 Å². The van der Waals surface area contributed by atoms with Gasteiger partial charge in [0.05, 0.1) is 6.04 Å². The second-order valence-corrected chi connectivity index (χ2v) is 5.85. The van der Waals surface area contributed by atoms with Crippen LogP contribution in [0, 0.1) is 0 Å². The van der Waals surface area contributed by atoms with Crippen molar-refractivity contribution in [1.82, 2.24) is 14.5 Å². The van der Waals surface area contributed by atoms with Crippen LogP contribution < -0.4 is 22.3 Å². The third kappa shape index (κ3) is 3.16. The number of Topliss-reactive ketones (excluding diaryl/α,β-unsaturated/α-hetero) is 1. The van der Waals surface area contributed by atoms with Crippen LogP contribution in [0.1, 0.15) is 35.8 Å². The molecule has 0 fully saturated rings. The summed E-state index contributed by atoms with van der Waals surface area (Å²) in [6.07, 6.45) is 0. The summed E-state index contributed by atoms with van der Waals surface area (Å²) in [4.78, 5) is 36.8. The molecule has 3 N–H and O–H groups in total. The third-order valence-corrected chi connectivity index (χ3v) is 4.15. The monoisotopic (exact) mass is 330 g/mol. The number of anilines is 1. The minimum atomic E-state index is -0.679. The number of nitrogens with two attached hydrogens (primary N) is 1. The lowest BCUT2D eigenvalue weighted by Gasteiger charge is -2.20. The molecule has 0 aliphatic rings. The highest BCUT2D eigenvalue weighted by Crippen LogP contribution is 2.14. The molecule has 0 saturated heterocycles. The number of carbonyl (C=O) groups excluding carboxylic acids is 1. The van der Waals surface area contributed by atoms with Crippen molar-refractivity contribution in [3.8, 4) is 0 Å². The molecule has 0 aliphatic carbocycles. The largest absolute Gasteiger partial charge is 0.384 e. The van der Waals surface area contributed by atoms with E-state index in [4.69, 9.17) is 5.73 Å². The number of ketones is 1. The highest BCUT2D eigenvalue weighted by atomic mass is 16.2. The van der Waals surface area contributed by atoms with Crippen molar-refractivity contribution in [3.63, 3.8) is 0 Å². The summed E-state index contributed by atoms with van der Waals surface area (Å²) in [5.74, 6) is -0.555. The molecule has 0 aliphatic heterocycles. The molecule has 7 nitrogen and oxygen atoms in total. The van der Waals surface area contributed by atoms with Gasteiger partial charge in [-0.3, -0.25) is 18.7 Å². The topological polar surface area (TPSA) is 99.1 Å². The lowest BCUT2D eigenvalue weighted by Crippen LogP contribution is -2.45. The molecule has 1 heterocycles. The van der Waals surface area contributed by atoms with Gasteiger partial charge in [-0.1, -0.05) is 30.3 Å². The predicted molar refractivity (Wildman–Crippen MR) is 93.1 cm³/mol. The molecule has 0 unspecified atom stereocenters. The quantitative estimate of drug-likeness (QED) is 0.782. The molecule has 0 bridgehead atoms. The number of benzene rings is 1. The minimum absolute atomic E-state index is 0.0808. The normalized spacial score (nSPS) is 13.5. The van der Waals surface area contributed by atoms with E-state index in [-0.39, 0.29) is 17.4 Å². The van der Waals surface area contributed by atoms with Crippen molar-refractivity contribution in [2.45, 2.75) is 25.9 Å². The Kier molecular flexibility index (Phi) is 5.04. The maximum Gasteiger partial charge on any atom is 0.332 e. The number of nitrogens with one attached hydrogen (secondary N) is 1. The first-order valence-electron chi connectivity index (χ1n) is 7.66. The fourth-order valence-electron chi connectivity index (χ4n) is 2.60. The molecule has 0 amide bonds. The van der Waals surface area contributed by atoms with Crippen LogP contribution in [-0.2, 0) is 14.1 Å². The fourth-order valence-corrected chi connectivity index (χ4v) is 2.60. The van der Waals surface area contributed by atoms with E-state index in [9.17, 15) is 14.4 Å². The van der Waals surface area contributed by atoms with E-state index in [1.807, 2.05) is 37.3 Å². The second-order valence-electron chi connectivity index (χ2n) is 5.85. The van der Waals surface area contributed by atoms with E-state index in [0.29, 0.717) is 0 Å². The Hall–Kier alpha value is -2.67. The Morgan fingerprint density at radius 2 is 1.67 bits per heavy atom. The Bertz CT molecular complexity index is 868. The lowest BCUT2D eigenvalue weighted by molar-refractivity contribution is 0.0943. The van der Waals surface area contributed by atoms with Gasteiger partial charge in [0.25, 0.3) is 5.56 Å². The van der Waals surface area contributed by atoms with E-state index < -0.39 is 23.1 Å². The van der Waals surface area contributed by atoms with Crippen molar-refractivity contribution in [2.75, 3.05) is 5.73 Å². The highest BCUT2D eigenvalue weighted by molar-refractivity contribution is 6.03. The van der Waals surface area contributed by atoms with Gasteiger partial charge in [0.1, 0.15) is 11.4 Å². The summed E-state index contributed by atoms with van der Waals surface area (Å²) in [6.45, 7) is 3.60. The van der Waals surface area contributed by atoms with Crippen molar-refractivity contribution in [3.05, 3.63) is 62.3 Å². The number of carbonyl (C=O) groups is 1. The molecular weight excluding hydrogens is 308 g/mol. The first-order chi connectivity index (χ1) is 11.3. The van der Waals surface area contributed by atoms with Crippen LogP contribution >= 0.6 is 0 Å². The van der Waals surface area contributed by atoms with Crippen LogP contribution in [0.3, 0.4) is 0 Å². The smallest absolute Gasteiger partial charge is 0.332 e. The van der Waals surface area contributed by atoms with Crippen molar-refractivity contribution in [2.24, 2.45) is 14.1 Å². The van der Waals surface area contributed by atoms with Crippen LogP contribution in [0.15, 0.2) is 39.9 Å². The van der Waals surface area contributed by atoms with Crippen molar-refractivity contribution >= 4 is 11.6 Å². The maximum atomic E-state index is 12.7. The van der Waals surface area contributed by atoms with E-state index >= 15 is 0 Å². The zero-order valence-electron chi connectivity index (χ0n) is 14.2. The summed E-state index contributed by atoms with van der Waals surface area (Å²) in [5.41, 5.74) is 5.45. The predicted octanol–water partition coefficient (Wildman–Crippen LogP) is 0.588. The Balaban J connectivity index is 2.33. The van der Waals surface area contributed by atoms with Gasteiger partial charge in [-0.05, 0) is 19.4 Å². The molecular formula is C17H22N4O3. The van der Waals surface area contributed by atoms with Gasteiger partial charge >= 0.3 is 5.69 Å². The number of hydrogen-bond acceptors (Lipinski definition) is 5. The van der Waals surface area contributed by atoms with E-state index in [1.165, 1.54) is 14.1 Å². The van der Waals surface area contributed by atoms with Crippen LogP contribution in [-0.4, -0.2) is 21.0 Å². The molecule has 0 spiro atoms. The summed E-state index contributed by atoms with van der Waals surface area (Å²) in [5, 5.41) is 3.16. The number of hydrogen-bond donors (Lipinski definition) is 2. The Morgan fingerprint density at radius 3 is 2.25 bits per heavy atom. The molecule has 1 aromatic heterocycles. The molecule has 0 radical (unpaired) electrons. The zero-order valence-corrected chi connectivity index (χ0v) is 14.2. The van der Waals surface area contributed by atoms with Crippen molar-refractivity contribution < 1.29 is 4.79 Å². The molecule has 1 aromatic carbocycles. The van der Waals surface area contributed by atoms with Crippen molar-refractivity contribution in [1.29, 1.82) is 0 Å². The highest BCUT2D eigenvalue weighted by Gasteiger charge is 2.25. The molecule has 128 valence electrons. The Morgan fingerprint density at radius 1 is 1.08 bits per heavy atom. The number of rotatable bonds is 5. The fraction of sp³-hybridized carbons (Fsp3) is 0.353. The number of aromatic nitrogens is 2. The van der Waals surface area contributed by atoms with Gasteiger partial charge in [-0.25, -0.2) is 4.79 Å². The third-order valence-electron chi connectivity index (χ3n) is 4.15. The molecule has 2 rings (SSSR count). The maximum absolute atomic E-state index is 12.7.